The number of amides is 2. The van der Waals surface area contributed by atoms with Crippen LogP contribution in [-0.4, -0.2) is 44.3 Å². The molecule has 0 unspecified atom stereocenters. The maximum atomic E-state index is 14.1. The number of aryl methyl sites for hydroxylation is 2. The monoisotopic (exact) mass is 617 g/mol. The van der Waals surface area contributed by atoms with E-state index in [1.165, 1.54) is 23.1 Å². The highest BCUT2D eigenvalue weighted by Crippen LogP contribution is 2.33. The van der Waals surface area contributed by atoms with Crippen LogP contribution in [0.5, 0.6) is 0 Å². The lowest BCUT2D eigenvalue weighted by molar-refractivity contribution is -0.140. The second-order valence-electron chi connectivity index (χ2n) is 10.5. The smallest absolute Gasteiger partial charge is 0.354 e. The fourth-order valence-corrected chi connectivity index (χ4v) is 6.04. The van der Waals surface area contributed by atoms with Crippen LogP contribution in [0.4, 0.5) is 18.9 Å². The molecule has 0 heterocycles. The molecule has 7 nitrogen and oxygen atoms in total. The molecule has 0 aliphatic carbocycles. The van der Waals surface area contributed by atoms with E-state index in [9.17, 15) is 31.2 Å². The fraction of sp³-hybridized carbons (Fsp3) is 0.375. The van der Waals surface area contributed by atoms with Gasteiger partial charge < -0.3 is 10.2 Å². The highest BCUT2D eigenvalue weighted by molar-refractivity contribution is 7.92. The van der Waals surface area contributed by atoms with Gasteiger partial charge in [0.15, 0.2) is 0 Å². The molecule has 0 aliphatic rings. The van der Waals surface area contributed by atoms with Crippen molar-refractivity contribution in [3.63, 3.8) is 0 Å². The second-order valence-corrected chi connectivity index (χ2v) is 12.3. The number of anilines is 1. The molecule has 0 spiro atoms. The lowest BCUT2D eigenvalue weighted by Crippen LogP contribution is -2.52. The van der Waals surface area contributed by atoms with E-state index in [2.05, 4.69) is 5.32 Å². The first kappa shape index (κ1) is 33.6. The quantitative estimate of drug-likeness (QED) is 0.230. The van der Waals surface area contributed by atoms with Gasteiger partial charge in [-0.1, -0.05) is 73.9 Å². The van der Waals surface area contributed by atoms with Crippen molar-refractivity contribution >= 4 is 27.5 Å². The Morgan fingerprint density at radius 1 is 0.907 bits per heavy atom. The van der Waals surface area contributed by atoms with Gasteiger partial charge in [0.2, 0.25) is 11.8 Å². The molecular weight excluding hydrogens is 579 g/mol. The van der Waals surface area contributed by atoms with E-state index in [0.29, 0.717) is 16.9 Å². The Hall–Kier alpha value is -3.86. The number of carbonyl (C=O) groups excluding carboxylic acids is 2. The molecule has 0 saturated heterocycles. The van der Waals surface area contributed by atoms with Crippen molar-refractivity contribution in [2.45, 2.75) is 70.6 Å². The predicted octanol–water partition coefficient (Wildman–Crippen LogP) is 6.24. The van der Waals surface area contributed by atoms with E-state index in [0.717, 1.165) is 41.7 Å². The Morgan fingerprint density at radius 2 is 1.58 bits per heavy atom. The minimum atomic E-state index is -4.74. The third-order valence-electron chi connectivity index (χ3n) is 7.00. The van der Waals surface area contributed by atoms with Gasteiger partial charge in [0.1, 0.15) is 12.6 Å². The molecule has 0 aromatic heterocycles. The Kier molecular flexibility index (Phi) is 11.4. The van der Waals surface area contributed by atoms with Crippen molar-refractivity contribution in [3.8, 4) is 0 Å². The summed E-state index contributed by atoms with van der Waals surface area (Å²) in [5.74, 6) is -1.11. The summed E-state index contributed by atoms with van der Waals surface area (Å²) in [6.45, 7) is 6.97. The highest BCUT2D eigenvalue weighted by atomic mass is 32.2. The van der Waals surface area contributed by atoms with Crippen LogP contribution in [0.15, 0.2) is 77.7 Å². The molecule has 2 amide bonds. The van der Waals surface area contributed by atoms with Gasteiger partial charge >= 0.3 is 6.18 Å². The van der Waals surface area contributed by atoms with Crippen molar-refractivity contribution in [1.29, 1.82) is 0 Å². The molecule has 0 radical (unpaired) electrons. The Labute approximate surface area is 251 Å². The van der Waals surface area contributed by atoms with Crippen LogP contribution in [0.2, 0.25) is 0 Å². The number of nitrogens with one attached hydrogen (secondary N) is 1. The lowest BCUT2D eigenvalue weighted by atomic mass is 10.1. The number of alkyl halides is 3. The summed E-state index contributed by atoms with van der Waals surface area (Å²) < 4.78 is 69.4. The summed E-state index contributed by atoms with van der Waals surface area (Å²) in [7, 11) is -4.49. The Bertz CT molecular complexity index is 1510. The van der Waals surface area contributed by atoms with Gasteiger partial charge in [0.05, 0.1) is 16.1 Å². The fourth-order valence-electron chi connectivity index (χ4n) is 4.64. The van der Waals surface area contributed by atoms with Gasteiger partial charge in [0, 0.05) is 13.1 Å². The van der Waals surface area contributed by atoms with Crippen LogP contribution in [-0.2, 0) is 32.3 Å². The van der Waals surface area contributed by atoms with Crippen LogP contribution < -0.4 is 9.62 Å². The maximum Gasteiger partial charge on any atom is 0.416 e. The molecule has 43 heavy (non-hydrogen) atoms. The zero-order chi connectivity index (χ0) is 31.8. The second kappa shape index (κ2) is 14.5. The third kappa shape index (κ3) is 8.82. The van der Waals surface area contributed by atoms with Crippen molar-refractivity contribution in [2.24, 2.45) is 0 Å². The standard InChI is InChI=1S/C32H38F3N3O4S/c1-5-7-18-36-31(40)29(6-2)37(21-25-11-8-10-24(4)19-25)30(39)22-38(27-13-9-12-26(20-27)32(33,34)35)43(41,42)28-16-14-23(3)15-17-28/h8-17,19-20,29H,5-7,18,21-22H2,1-4H3,(H,36,40)/t29-/m1/s1. The molecule has 0 saturated carbocycles. The largest absolute Gasteiger partial charge is 0.416 e. The number of hydrogen-bond acceptors (Lipinski definition) is 4. The summed E-state index contributed by atoms with van der Waals surface area (Å²) in [6.07, 6.45) is -2.90. The maximum absolute atomic E-state index is 14.1. The number of nitrogens with zero attached hydrogens (tertiary/aromatic N) is 2. The number of hydrogen-bond donors (Lipinski definition) is 1. The molecule has 11 heteroatoms. The molecular formula is C32H38F3N3O4S. The van der Waals surface area contributed by atoms with E-state index in [4.69, 9.17) is 0 Å². The number of unbranched alkanes of at least 4 members (excludes halogenated alkanes) is 1. The van der Waals surface area contributed by atoms with Crippen molar-refractivity contribution in [3.05, 3.63) is 95.1 Å². The third-order valence-corrected chi connectivity index (χ3v) is 8.79. The molecule has 3 aromatic carbocycles. The number of carbonyl (C=O) groups is 2. The minimum absolute atomic E-state index is 0.00122. The summed E-state index contributed by atoms with van der Waals surface area (Å²) in [5, 5.41) is 2.85. The normalized spacial score (nSPS) is 12.4. The van der Waals surface area contributed by atoms with Gasteiger partial charge in [0.25, 0.3) is 10.0 Å². The summed E-state index contributed by atoms with van der Waals surface area (Å²) in [5.41, 5.74) is 1.06. The average Bonchev–Trinajstić information content (AvgIpc) is 2.95. The predicted molar refractivity (Wildman–Crippen MR) is 161 cm³/mol. The van der Waals surface area contributed by atoms with Crippen LogP contribution in [0.3, 0.4) is 0 Å². The highest BCUT2D eigenvalue weighted by Gasteiger charge is 2.36. The molecule has 3 rings (SSSR count). The molecule has 0 aliphatic heterocycles. The first-order valence-corrected chi connectivity index (χ1v) is 15.6. The van der Waals surface area contributed by atoms with Crippen LogP contribution in [0.1, 0.15) is 55.4 Å². The van der Waals surface area contributed by atoms with Crippen LogP contribution >= 0.6 is 0 Å². The number of sulfonamides is 1. The lowest BCUT2D eigenvalue weighted by Gasteiger charge is -2.33. The SMILES string of the molecule is CCCCNC(=O)[C@@H](CC)N(Cc1cccc(C)c1)C(=O)CN(c1cccc(C(F)(F)F)c1)S(=O)(=O)c1ccc(C)cc1. The summed E-state index contributed by atoms with van der Waals surface area (Å²) in [4.78, 5) is 28.5. The molecule has 3 aromatic rings. The molecule has 1 atom stereocenters. The Balaban J connectivity index is 2.10. The van der Waals surface area contributed by atoms with E-state index >= 15 is 0 Å². The Morgan fingerprint density at radius 3 is 2.19 bits per heavy atom. The van der Waals surface area contributed by atoms with Gasteiger partial charge in [-0.2, -0.15) is 13.2 Å². The molecule has 1 N–H and O–H groups in total. The van der Waals surface area contributed by atoms with Crippen molar-refractivity contribution < 1.29 is 31.2 Å². The van der Waals surface area contributed by atoms with Gasteiger partial charge in [-0.3, -0.25) is 13.9 Å². The van der Waals surface area contributed by atoms with Gasteiger partial charge in [-0.05, 0) is 62.6 Å². The zero-order valence-electron chi connectivity index (χ0n) is 24.8. The summed E-state index contributed by atoms with van der Waals surface area (Å²) >= 11 is 0. The first-order chi connectivity index (χ1) is 20.3. The van der Waals surface area contributed by atoms with Crippen LogP contribution in [0.25, 0.3) is 0 Å². The molecule has 232 valence electrons. The van der Waals surface area contributed by atoms with Crippen LogP contribution in [0, 0.1) is 13.8 Å². The average molecular weight is 618 g/mol. The number of benzene rings is 3. The summed E-state index contributed by atoms with van der Waals surface area (Å²) in [6, 6.07) is 16.1. The number of rotatable bonds is 13. The molecule has 0 fully saturated rings. The zero-order valence-corrected chi connectivity index (χ0v) is 25.6. The first-order valence-electron chi connectivity index (χ1n) is 14.2. The van der Waals surface area contributed by atoms with E-state index < -0.39 is 40.3 Å². The van der Waals surface area contributed by atoms with Gasteiger partial charge in [-0.15, -0.1) is 0 Å². The van der Waals surface area contributed by atoms with E-state index in [-0.39, 0.29) is 29.5 Å². The molecule has 0 bridgehead atoms. The minimum Gasteiger partial charge on any atom is -0.354 e. The van der Waals surface area contributed by atoms with E-state index in [1.54, 1.807) is 32.0 Å². The van der Waals surface area contributed by atoms with Crippen molar-refractivity contribution in [2.75, 3.05) is 17.4 Å². The topological polar surface area (TPSA) is 86.8 Å². The van der Waals surface area contributed by atoms with E-state index in [1.807, 2.05) is 32.0 Å². The van der Waals surface area contributed by atoms with Crippen molar-refractivity contribution in [1.82, 2.24) is 10.2 Å². The van der Waals surface area contributed by atoms with Gasteiger partial charge in [-0.25, -0.2) is 8.42 Å². The number of halogens is 3.